The lowest BCUT2D eigenvalue weighted by Crippen LogP contribution is -2.09. The van der Waals surface area contributed by atoms with Crippen molar-refractivity contribution in [2.45, 2.75) is 19.3 Å². The Kier molecular flexibility index (Phi) is 5.00. The van der Waals surface area contributed by atoms with Crippen LogP contribution in [0.3, 0.4) is 0 Å². The minimum Gasteiger partial charge on any atom is -0.508 e. The van der Waals surface area contributed by atoms with E-state index in [4.69, 9.17) is 14.9 Å². The molecule has 1 aromatic rings. The van der Waals surface area contributed by atoms with Crippen LogP contribution < -0.4 is 0 Å². The van der Waals surface area contributed by atoms with E-state index >= 15 is 0 Å². The fraction of sp³-hybridized carbons (Fsp3) is 0.333. The number of hydrogen-bond donors (Lipinski definition) is 2. The zero-order valence-corrected chi connectivity index (χ0v) is 9.26. The highest BCUT2D eigenvalue weighted by Crippen LogP contribution is 2.10. The van der Waals surface area contributed by atoms with Crippen molar-refractivity contribution in [3.8, 4) is 5.75 Å². The van der Waals surface area contributed by atoms with E-state index in [9.17, 15) is 9.59 Å². The molecule has 0 unspecified atom stereocenters. The van der Waals surface area contributed by atoms with E-state index in [0.717, 1.165) is 5.56 Å². The molecule has 0 aliphatic carbocycles. The van der Waals surface area contributed by atoms with Crippen LogP contribution in [0.4, 0.5) is 0 Å². The SMILES string of the molecule is O=C(O)CCC(=O)OCCc1ccc(O)cc1. The first-order valence-corrected chi connectivity index (χ1v) is 5.23. The molecule has 0 aliphatic heterocycles. The van der Waals surface area contributed by atoms with Crippen molar-refractivity contribution >= 4 is 11.9 Å². The average molecular weight is 238 g/mol. The van der Waals surface area contributed by atoms with Crippen molar-refractivity contribution in [1.29, 1.82) is 0 Å². The molecule has 0 bridgehead atoms. The van der Waals surface area contributed by atoms with E-state index in [2.05, 4.69) is 0 Å². The van der Waals surface area contributed by atoms with Gasteiger partial charge in [-0.3, -0.25) is 9.59 Å². The number of carbonyl (C=O) groups excluding carboxylic acids is 1. The Hall–Kier alpha value is -2.04. The van der Waals surface area contributed by atoms with Gasteiger partial charge < -0.3 is 14.9 Å². The summed E-state index contributed by atoms with van der Waals surface area (Å²) in [4.78, 5) is 21.3. The molecule has 0 aromatic heterocycles. The number of phenols is 1. The van der Waals surface area contributed by atoms with Crippen LogP contribution in [-0.4, -0.2) is 28.8 Å². The Morgan fingerprint density at radius 1 is 1.12 bits per heavy atom. The van der Waals surface area contributed by atoms with Crippen molar-refractivity contribution < 1.29 is 24.5 Å². The van der Waals surface area contributed by atoms with Gasteiger partial charge >= 0.3 is 11.9 Å². The lowest BCUT2D eigenvalue weighted by atomic mass is 10.1. The molecule has 2 N–H and O–H groups in total. The van der Waals surface area contributed by atoms with Crippen molar-refractivity contribution in [3.05, 3.63) is 29.8 Å². The van der Waals surface area contributed by atoms with Gasteiger partial charge in [0.2, 0.25) is 0 Å². The van der Waals surface area contributed by atoms with Crippen LogP contribution in [0.5, 0.6) is 5.75 Å². The lowest BCUT2D eigenvalue weighted by Gasteiger charge is -2.04. The van der Waals surface area contributed by atoms with E-state index in [-0.39, 0.29) is 25.2 Å². The van der Waals surface area contributed by atoms with Crippen LogP contribution >= 0.6 is 0 Å². The molecular formula is C12H14O5. The summed E-state index contributed by atoms with van der Waals surface area (Å²) in [6, 6.07) is 6.59. The second-order valence-corrected chi connectivity index (χ2v) is 3.53. The number of ether oxygens (including phenoxy) is 1. The second-order valence-electron chi connectivity index (χ2n) is 3.53. The maximum Gasteiger partial charge on any atom is 0.306 e. The first-order valence-electron chi connectivity index (χ1n) is 5.23. The highest BCUT2D eigenvalue weighted by molar-refractivity contribution is 5.76. The molecule has 0 spiro atoms. The Morgan fingerprint density at radius 2 is 1.76 bits per heavy atom. The Balaban J connectivity index is 2.21. The molecule has 0 radical (unpaired) electrons. The Labute approximate surface area is 98.6 Å². The van der Waals surface area contributed by atoms with Crippen LogP contribution in [0.2, 0.25) is 0 Å². The lowest BCUT2D eigenvalue weighted by molar-refractivity contribution is -0.147. The smallest absolute Gasteiger partial charge is 0.306 e. The third-order valence-electron chi connectivity index (χ3n) is 2.13. The summed E-state index contributed by atoms with van der Waals surface area (Å²) in [5, 5.41) is 17.4. The minimum atomic E-state index is -1.01. The van der Waals surface area contributed by atoms with Gasteiger partial charge in [0.1, 0.15) is 5.75 Å². The summed E-state index contributed by atoms with van der Waals surface area (Å²) >= 11 is 0. The third-order valence-corrected chi connectivity index (χ3v) is 2.13. The molecule has 17 heavy (non-hydrogen) atoms. The zero-order chi connectivity index (χ0) is 12.7. The fourth-order valence-corrected chi connectivity index (χ4v) is 1.23. The maximum absolute atomic E-state index is 11.1. The molecule has 0 heterocycles. The molecule has 0 amide bonds. The van der Waals surface area contributed by atoms with Gasteiger partial charge in [-0.15, -0.1) is 0 Å². The average Bonchev–Trinajstić information content (AvgIpc) is 2.29. The molecule has 5 heteroatoms. The Morgan fingerprint density at radius 3 is 2.35 bits per heavy atom. The number of phenolic OH excluding ortho intramolecular Hbond substituents is 1. The molecular weight excluding hydrogens is 224 g/mol. The van der Waals surface area contributed by atoms with Gasteiger partial charge in [-0.25, -0.2) is 0 Å². The predicted octanol–water partition coefficient (Wildman–Crippen LogP) is 1.34. The van der Waals surface area contributed by atoms with Gasteiger partial charge in [-0.05, 0) is 17.7 Å². The van der Waals surface area contributed by atoms with Crippen molar-refractivity contribution in [2.75, 3.05) is 6.61 Å². The summed E-state index contributed by atoms with van der Waals surface area (Å²) in [7, 11) is 0. The van der Waals surface area contributed by atoms with E-state index in [1.807, 2.05) is 0 Å². The van der Waals surface area contributed by atoms with E-state index in [1.54, 1.807) is 24.3 Å². The molecule has 5 nitrogen and oxygen atoms in total. The normalized spacial score (nSPS) is 9.88. The number of rotatable bonds is 6. The minimum absolute atomic E-state index is 0.106. The third kappa shape index (κ3) is 5.55. The Bertz CT molecular complexity index is 382. The summed E-state index contributed by atoms with van der Waals surface area (Å²) < 4.78 is 4.86. The zero-order valence-electron chi connectivity index (χ0n) is 9.26. The van der Waals surface area contributed by atoms with Crippen LogP contribution in [0.15, 0.2) is 24.3 Å². The molecule has 1 aromatic carbocycles. The van der Waals surface area contributed by atoms with Gasteiger partial charge in [0, 0.05) is 6.42 Å². The monoisotopic (exact) mass is 238 g/mol. The number of aromatic hydroxyl groups is 1. The van der Waals surface area contributed by atoms with Gasteiger partial charge in [-0.1, -0.05) is 12.1 Å². The fourth-order valence-electron chi connectivity index (χ4n) is 1.23. The van der Waals surface area contributed by atoms with Crippen LogP contribution in [0.25, 0.3) is 0 Å². The number of benzene rings is 1. The molecule has 0 atom stereocenters. The van der Waals surface area contributed by atoms with Crippen LogP contribution in [0.1, 0.15) is 18.4 Å². The van der Waals surface area contributed by atoms with Crippen LogP contribution in [0, 0.1) is 0 Å². The molecule has 0 saturated carbocycles. The quantitative estimate of drug-likeness (QED) is 0.731. The highest BCUT2D eigenvalue weighted by Gasteiger charge is 2.06. The van der Waals surface area contributed by atoms with Crippen molar-refractivity contribution in [2.24, 2.45) is 0 Å². The van der Waals surface area contributed by atoms with Gasteiger partial charge in [0.25, 0.3) is 0 Å². The van der Waals surface area contributed by atoms with Crippen molar-refractivity contribution in [3.63, 3.8) is 0 Å². The number of aliphatic carboxylic acids is 1. The summed E-state index contributed by atoms with van der Waals surface area (Å²) in [6.07, 6.45) is 0.224. The number of carboxylic acids is 1. The second kappa shape index (κ2) is 6.52. The maximum atomic E-state index is 11.1. The first-order chi connectivity index (χ1) is 8.08. The van der Waals surface area contributed by atoms with Gasteiger partial charge in [0.05, 0.1) is 19.4 Å². The standard InChI is InChI=1S/C12H14O5/c13-10-3-1-9(2-4-10)7-8-17-12(16)6-5-11(14)15/h1-4,13H,5-8H2,(H,14,15). The van der Waals surface area contributed by atoms with Crippen molar-refractivity contribution in [1.82, 2.24) is 0 Å². The molecule has 0 aliphatic rings. The predicted molar refractivity (Wildman–Crippen MR) is 59.6 cm³/mol. The van der Waals surface area contributed by atoms with Crippen LogP contribution in [-0.2, 0) is 20.7 Å². The van der Waals surface area contributed by atoms with E-state index < -0.39 is 11.9 Å². The summed E-state index contributed by atoms with van der Waals surface area (Å²) in [5.74, 6) is -1.33. The number of hydrogen-bond acceptors (Lipinski definition) is 4. The topological polar surface area (TPSA) is 83.8 Å². The highest BCUT2D eigenvalue weighted by atomic mass is 16.5. The number of esters is 1. The van der Waals surface area contributed by atoms with E-state index in [0.29, 0.717) is 6.42 Å². The van der Waals surface area contributed by atoms with Gasteiger partial charge in [-0.2, -0.15) is 0 Å². The molecule has 0 fully saturated rings. The van der Waals surface area contributed by atoms with Gasteiger partial charge in [0.15, 0.2) is 0 Å². The molecule has 1 rings (SSSR count). The van der Waals surface area contributed by atoms with E-state index in [1.165, 1.54) is 0 Å². The summed E-state index contributed by atoms with van der Waals surface area (Å²) in [5.41, 5.74) is 0.939. The number of carbonyl (C=O) groups is 2. The number of carboxylic acid groups (broad SMARTS) is 1. The largest absolute Gasteiger partial charge is 0.508 e. The first kappa shape index (κ1) is 13.0. The molecule has 92 valence electrons. The molecule has 0 saturated heterocycles. The summed E-state index contributed by atoms with van der Waals surface area (Å²) in [6.45, 7) is 0.212.